The molecule has 0 amide bonds. The minimum absolute atomic E-state index is 0. The summed E-state index contributed by atoms with van der Waals surface area (Å²) in [4.78, 5) is 9.05. The monoisotopic (exact) mass is 492 g/mol. The predicted octanol–water partition coefficient (Wildman–Crippen LogP) is 5.04. The largest absolute Gasteiger partial charge is 0.370 e. The van der Waals surface area contributed by atoms with E-state index in [1.165, 1.54) is 11.1 Å². The average molecular weight is 492 g/mol. The number of nitrogens with zero attached hydrogens (tertiary/aromatic N) is 2. The number of hydrogen-bond acceptors (Lipinski definition) is 3. The van der Waals surface area contributed by atoms with Gasteiger partial charge >= 0.3 is 0 Å². The van der Waals surface area contributed by atoms with E-state index in [2.05, 4.69) is 64.0 Å². The van der Waals surface area contributed by atoms with Crippen LogP contribution in [0.4, 0.5) is 5.69 Å². The van der Waals surface area contributed by atoms with Crippen LogP contribution in [0.2, 0.25) is 0 Å². The van der Waals surface area contributed by atoms with Crippen LogP contribution >= 0.6 is 35.3 Å². The van der Waals surface area contributed by atoms with Crippen LogP contribution in [0.25, 0.3) is 0 Å². The van der Waals surface area contributed by atoms with Crippen LogP contribution in [0.1, 0.15) is 28.8 Å². The molecule has 0 spiro atoms. The van der Waals surface area contributed by atoms with Gasteiger partial charge in [-0.15, -0.1) is 35.3 Å². The van der Waals surface area contributed by atoms with Gasteiger partial charge in [-0.1, -0.05) is 49.4 Å². The Morgan fingerprint density at radius 2 is 1.78 bits per heavy atom. The Morgan fingerprint density at radius 1 is 1.04 bits per heavy atom. The van der Waals surface area contributed by atoms with Gasteiger partial charge in [-0.05, 0) is 36.1 Å². The average Bonchev–Trinajstić information content (AvgIpc) is 3.14. The van der Waals surface area contributed by atoms with E-state index in [0.717, 1.165) is 35.7 Å². The van der Waals surface area contributed by atoms with Crippen molar-refractivity contribution in [3.8, 4) is 0 Å². The Bertz CT molecular complexity index is 844. The van der Waals surface area contributed by atoms with Gasteiger partial charge in [0.1, 0.15) is 0 Å². The molecular weight excluding hydrogens is 467 g/mol. The molecule has 4 nitrogen and oxygen atoms in total. The fourth-order valence-corrected chi connectivity index (χ4v) is 3.40. The summed E-state index contributed by atoms with van der Waals surface area (Å²) in [6, 6.07) is 18.7. The van der Waals surface area contributed by atoms with Crippen LogP contribution in [-0.2, 0) is 25.8 Å². The molecule has 0 aliphatic carbocycles. The Hall–Kier alpha value is -1.93. The van der Waals surface area contributed by atoms with Crippen LogP contribution in [0.5, 0.6) is 0 Å². The molecule has 27 heavy (non-hydrogen) atoms. The van der Waals surface area contributed by atoms with Crippen molar-refractivity contribution in [3.63, 3.8) is 0 Å². The number of halogens is 1. The fourth-order valence-electron chi connectivity index (χ4n) is 2.61. The topological polar surface area (TPSA) is 63.3 Å². The highest BCUT2D eigenvalue weighted by Gasteiger charge is 2.03. The van der Waals surface area contributed by atoms with E-state index in [1.807, 2.05) is 18.2 Å². The number of aliphatic imine (C=N–C) groups is 1. The van der Waals surface area contributed by atoms with Gasteiger partial charge in [0.2, 0.25) is 0 Å². The number of rotatable bonds is 7. The van der Waals surface area contributed by atoms with Gasteiger partial charge in [-0.3, -0.25) is 0 Å². The van der Waals surface area contributed by atoms with E-state index in [9.17, 15) is 0 Å². The molecular formula is C21H25IN4S. The summed E-state index contributed by atoms with van der Waals surface area (Å²) >= 11 is 1.69. The molecule has 0 saturated carbocycles. The number of benzene rings is 2. The molecule has 6 heteroatoms. The number of hydrogen-bond donors (Lipinski definition) is 2. The normalized spacial score (nSPS) is 11.1. The number of anilines is 1. The standard InChI is InChI=1S/C21H24N4S.HI/c1-2-16-8-11-18(12-9-16)25-21(22)23-14-19-15-26-20(24-19)13-10-17-6-4-3-5-7-17;/h3-9,11-12,15H,2,10,13-14H2,1H3,(H3,22,23,25);1H. The Morgan fingerprint density at radius 3 is 2.48 bits per heavy atom. The molecule has 3 rings (SSSR count). The van der Waals surface area contributed by atoms with E-state index in [4.69, 9.17) is 5.73 Å². The smallest absolute Gasteiger partial charge is 0.193 e. The van der Waals surface area contributed by atoms with Crippen LogP contribution in [-0.4, -0.2) is 10.9 Å². The first-order chi connectivity index (χ1) is 12.7. The van der Waals surface area contributed by atoms with Crippen molar-refractivity contribution in [1.82, 2.24) is 4.98 Å². The molecule has 0 atom stereocenters. The molecule has 0 unspecified atom stereocenters. The number of aryl methyl sites for hydroxylation is 3. The first-order valence-corrected chi connectivity index (χ1v) is 9.74. The first kappa shape index (κ1) is 21.4. The molecule has 142 valence electrons. The fraction of sp³-hybridized carbons (Fsp3) is 0.238. The van der Waals surface area contributed by atoms with Crippen molar-refractivity contribution in [3.05, 3.63) is 81.8 Å². The number of aromatic nitrogens is 1. The minimum Gasteiger partial charge on any atom is -0.370 e. The van der Waals surface area contributed by atoms with E-state index in [-0.39, 0.29) is 24.0 Å². The lowest BCUT2D eigenvalue weighted by molar-refractivity contribution is 0.913. The second-order valence-electron chi connectivity index (χ2n) is 6.10. The third-order valence-corrected chi connectivity index (χ3v) is 5.07. The maximum Gasteiger partial charge on any atom is 0.193 e. The Labute approximate surface area is 182 Å². The van der Waals surface area contributed by atoms with Gasteiger partial charge < -0.3 is 11.1 Å². The zero-order chi connectivity index (χ0) is 18.2. The summed E-state index contributed by atoms with van der Waals surface area (Å²) in [6.07, 6.45) is 2.99. The minimum atomic E-state index is 0. The van der Waals surface area contributed by atoms with Gasteiger partial charge in [0.25, 0.3) is 0 Å². The molecule has 0 aliphatic rings. The highest BCUT2D eigenvalue weighted by atomic mass is 127. The molecule has 0 bridgehead atoms. The molecule has 2 aromatic carbocycles. The second kappa shape index (κ2) is 11.0. The van der Waals surface area contributed by atoms with Crippen molar-refractivity contribution in [2.45, 2.75) is 32.7 Å². The van der Waals surface area contributed by atoms with E-state index >= 15 is 0 Å². The highest BCUT2D eigenvalue weighted by molar-refractivity contribution is 14.0. The number of nitrogens with one attached hydrogen (secondary N) is 1. The summed E-state index contributed by atoms with van der Waals surface area (Å²) in [5.74, 6) is 0.410. The predicted molar refractivity (Wildman–Crippen MR) is 126 cm³/mol. The van der Waals surface area contributed by atoms with Crippen LogP contribution in [0, 0.1) is 0 Å². The first-order valence-electron chi connectivity index (χ1n) is 8.86. The van der Waals surface area contributed by atoms with Gasteiger partial charge in [0.05, 0.1) is 17.2 Å². The van der Waals surface area contributed by atoms with Crippen molar-refractivity contribution >= 4 is 47.0 Å². The number of nitrogens with two attached hydrogens (primary N) is 1. The van der Waals surface area contributed by atoms with Gasteiger partial charge in [0.15, 0.2) is 5.96 Å². The third-order valence-electron chi connectivity index (χ3n) is 4.12. The highest BCUT2D eigenvalue weighted by Crippen LogP contribution is 2.14. The lowest BCUT2D eigenvalue weighted by Crippen LogP contribution is -2.22. The summed E-state index contributed by atoms with van der Waals surface area (Å²) in [6.45, 7) is 2.63. The molecule has 3 aromatic rings. The SMILES string of the molecule is CCc1ccc(NC(N)=NCc2csc(CCc3ccccc3)n2)cc1.I. The van der Waals surface area contributed by atoms with Crippen LogP contribution < -0.4 is 11.1 Å². The number of guanidine groups is 1. The molecule has 3 N–H and O–H groups in total. The van der Waals surface area contributed by atoms with Crippen molar-refractivity contribution < 1.29 is 0 Å². The van der Waals surface area contributed by atoms with Crippen LogP contribution in [0.3, 0.4) is 0 Å². The van der Waals surface area contributed by atoms with Crippen LogP contribution in [0.15, 0.2) is 65.0 Å². The maximum absolute atomic E-state index is 5.98. The number of thiazole rings is 1. The van der Waals surface area contributed by atoms with Crippen molar-refractivity contribution in [2.24, 2.45) is 10.7 Å². The summed E-state index contributed by atoms with van der Waals surface area (Å²) in [7, 11) is 0. The molecule has 1 aromatic heterocycles. The zero-order valence-electron chi connectivity index (χ0n) is 15.4. The quantitative estimate of drug-likeness (QED) is 0.276. The molecule has 1 heterocycles. The molecule has 0 radical (unpaired) electrons. The third kappa shape index (κ3) is 6.95. The van der Waals surface area contributed by atoms with Gasteiger partial charge in [-0.2, -0.15) is 0 Å². The van der Waals surface area contributed by atoms with Crippen molar-refractivity contribution in [2.75, 3.05) is 5.32 Å². The zero-order valence-corrected chi connectivity index (χ0v) is 18.5. The summed E-state index contributed by atoms with van der Waals surface area (Å²) in [5.41, 5.74) is 10.5. The van der Waals surface area contributed by atoms with E-state index < -0.39 is 0 Å². The Kier molecular flexibility index (Phi) is 8.74. The lowest BCUT2D eigenvalue weighted by atomic mass is 10.1. The second-order valence-corrected chi connectivity index (χ2v) is 7.04. The van der Waals surface area contributed by atoms with Crippen molar-refractivity contribution in [1.29, 1.82) is 0 Å². The molecule has 0 aliphatic heterocycles. The van der Waals surface area contributed by atoms with E-state index in [1.54, 1.807) is 11.3 Å². The lowest BCUT2D eigenvalue weighted by Gasteiger charge is -2.06. The molecule has 0 fully saturated rings. The Balaban J connectivity index is 0.00000261. The summed E-state index contributed by atoms with van der Waals surface area (Å²) in [5, 5.41) is 6.32. The maximum atomic E-state index is 5.98. The van der Waals surface area contributed by atoms with E-state index in [0.29, 0.717) is 12.5 Å². The van der Waals surface area contributed by atoms with Gasteiger partial charge in [-0.25, -0.2) is 9.98 Å². The van der Waals surface area contributed by atoms with Gasteiger partial charge in [0, 0.05) is 17.5 Å². The summed E-state index contributed by atoms with van der Waals surface area (Å²) < 4.78 is 0. The molecule has 0 saturated heterocycles.